The van der Waals surface area contributed by atoms with E-state index in [2.05, 4.69) is 21.4 Å². The first-order chi connectivity index (χ1) is 12.0. The summed E-state index contributed by atoms with van der Waals surface area (Å²) < 4.78 is 39.4. The normalized spacial score (nSPS) is 17.0. The van der Waals surface area contributed by atoms with Crippen molar-refractivity contribution in [1.29, 1.82) is 5.26 Å². The number of halogens is 3. The lowest BCUT2D eigenvalue weighted by atomic mass is 9.96. The first-order valence-corrected chi connectivity index (χ1v) is 9.05. The van der Waals surface area contributed by atoms with Crippen LogP contribution >= 0.6 is 11.3 Å². The molecule has 1 N–H and O–H groups in total. The molecular weight excluding hydrogens is 349 g/mol. The Labute approximate surface area is 146 Å². The molecule has 1 saturated carbocycles. The molecule has 0 aliphatic heterocycles. The van der Waals surface area contributed by atoms with Crippen LogP contribution in [0.3, 0.4) is 0 Å². The fourth-order valence-electron chi connectivity index (χ4n) is 3.13. The smallest absolute Gasteiger partial charge is 0.315 e. The zero-order valence-corrected chi connectivity index (χ0v) is 14.1. The molecular formula is C17H15F3N4S. The molecule has 0 atom stereocenters. The molecule has 0 amide bonds. The van der Waals surface area contributed by atoms with Crippen molar-refractivity contribution in [2.45, 2.75) is 50.6 Å². The van der Waals surface area contributed by atoms with E-state index in [1.165, 1.54) is 11.3 Å². The molecule has 4 nitrogen and oxygen atoms in total. The van der Waals surface area contributed by atoms with Crippen molar-refractivity contribution in [1.82, 2.24) is 9.97 Å². The Bertz CT molecular complexity index is 862. The molecule has 0 unspecified atom stereocenters. The number of hydrogen-bond acceptors (Lipinski definition) is 5. The molecule has 2 aromatic rings. The van der Waals surface area contributed by atoms with Gasteiger partial charge in [0.25, 0.3) is 0 Å². The summed E-state index contributed by atoms with van der Waals surface area (Å²) in [5.41, 5.74) is 1.03. The van der Waals surface area contributed by atoms with E-state index in [1.54, 1.807) is 0 Å². The molecule has 0 bridgehead atoms. The van der Waals surface area contributed by atoms with Crippen LogP contribution in [0.4, 0.5) is 24.1 Å². The van der Waals surface area contributed by atoms with E-state index >= 15 is 0 Å². The average Bonchev–Trinajstić information content (AvgIpc) is 3.36. The predicted molar refractivity (Wildman–Crippen MR) is 88.0 cm³/mol. The molecule has 2 aliphatic rings. The Morgan fingerprint density at radius 2 is 1.96 bits per heavy atom. The quantitative estimate of drug-likeness (QED) is 0.839. The number of nitrogens with zero attached hydrogens (tertiary/aromatic N) is 3. The molecule has 0 saturated heterocycles. The molecule has 1 fully saturated rings. The van der Waals surface area contributed by atoms with Crippen molar-refractivity contribution in [2.24, 2.45) is 0 Å². The second-order valence-electron chi connectivity index (χ2n) is 6.43. The maximum Gasteiger partial charge on any atom is 0.433 e. The Kier molecular flexibility index (Phi) is 3.91. The Balaban J connectivity index is 1.72. The van der Waals surface area contributed by atoms with E-state index in [9.17, 15) is 18.4 Å². The van der Waals surface area contributed by atoms with Crippen LogP contribution in [0, 0.1) is 11.3 Å². The van der Waals surface area contributed by atoms with Gasteiger partial charge in [0.05, 0.1) is 5.56 Å². The summed E-state index contributed by atoms with van der Waals surface area (Å²) in [5.74, 6) is 0.00319. The monoisotopic (exact) mass is 364 g/mol. The van der Waals surface area contributed by atoms with Gasteiger partial charge in [0, 0.05) is 16.5 Å². The second kappa shape index (κ2) is 5.99. The third-order valence-electron chi connectivity index (χ3n) is 4.54. The van der Waals surface area contributed by atoms with Gasteiger partial charge in [-0.15, -0.1) is 11.3 Å². The number of aryl methyl sites for hydroxylation is 1. The number of alkyl halides is 3. The molecule has 4 rings (SSSR count). The van der Waals surface area contributed by atoms with Gasteiger partial charge in [-0.2, -0.15) is 18.4 Å². The molecule has 25 heavy (non-hydrogen) atoms. The zero-order chi connectivity index (χ0) is 17.6. The van der Waals surface area contributed by atoms with Gasteiger partial charge in [-0.3, -0.25) is 0 Å². The highest BCUT2D eigenvalue weighted by Gasteiger charge is 2.36. The highest BCUT2D eigenvalue weighted by atomic mass is 32.1. The fraction of sp³-hybridized carbons (Fsp3) is 0.471. The van der Waals surface area contributed by atoms with Gasteiger partial charge in [-0.1, -0.05) is 0 Å². The Morgan fingerprint density at radius 3 is 2.64 bits per heavy atom. The summed E-state index contributed by atoms with van der Waals surface area (Å²) in [6.45, 7) is 0. The van der Waals surface area contributed by atoms with Crippen LogP contribution in [0.1, 0.15) is 59.0 Å². The summed E-state index contributed by atoms with van der Waals surface area (Å²) in [6.07, 6.45) is 1.04. The topological polar surface area (TPSA) is 61.6 Å². The molecule has 0 radical (unpaired) electrons. The Morgan fingerprint density at radius 1 is 1.20 bits per heavy atom. The van der Waals surface area contributed by atoms with Crippen molar-refractivity contribution < 1.29 is 13.2 Å². The highest BCUT2D eigenvalue weighted by molar-refractivity contribution is 7.16. The number of aromatic nitrogens is 2. The van der Waals surface area contributed by atoms with Crippen molar-refractivity contribution in [2.75, 3.05) is 5.32 Å². The van der Waals surface area contributed by atoms with E-state index in [4.69, 9.17) is 0 Å². The van der Waals surface area contributed by atoms with E-state index in [0.717, 1.165) is 55.0 Å². The molecule has 2 aromatic heterocycles. The van der Waals surface area contributed by atoms with Gasteiger partial charge >= 0.3 is 6.18 Å². The van der Waals surface area contributed by atoms with Gasteiger partial charge in [0.2, 0.25) is 5.95 Å². The number of rotatable bonds is 3. The Hall–Kier alpha value is -2.14. The van der Waals surface area contributed by atoms with Gasteiger partial charge in [-0.05, 0) is 50.2 Å². The largest absolute Gasteiger partial charge is 0.433 e. The summed E-state index contributed by atoms with van der Waals surface area (Å²) in [6, 6.07) is 3.22. The zero-order valence-electron chi connectivity index (χ0n) is 13.3. The first kappa shape index (κ1) is 16.3. The van der Waals surface area contributed by atoms with Crippen LogP contribution < -0.4 is 5.32 Å². The molecule has 0 spiro atoms. The minimum Gasteiger partial charge on any atom is -0.315 e. The standard InChI is InChI=1S/C17H15F3N4S/c18-17(19,20)14-7-12(9-5-6-9)22-16(23-14)24-15-11(8-21)10-3-1-2-4-13(10)25-15/h7,9H,1-6H2,(H,22,23,24). The fourth-order valence-corrected chi connectivity index (χ4v) is 4.36. The van der Waals surface area contributed by atoms with Crippen LogP contribution in [0.2, 0.25) is 0 Å². The van der Waals surface area contributed by atoms with Crippen molar-refractivity contribution in [3.05, 3.63) is 33.5 Å². The van der Waals surface area contributed by atoms with Crippen molar-refractivity contribution >= 4 is 22.3 Å². The third-order valence-corrected chi connectivity index (χ3v) is 5.75. The number of anilines is 2. The van der Waals surface area contributed by atoms with Crippen molar-refractivity contribution in [3.8, 4) is 6.07 Å². The third kappa shape index (κ3) is 3.21. The van der Waals surface area contributed by atoms with Gasteiger partial charge in [-0.25, -0.2) is 9.97 Å². The van der Waals surface area contributed by atoms with Crippen LogP contribution in [-0.4, -0.2) is 9.97 Å². The maximum atomic E-state index is 13.1. The van der Waals surface area contributed by atoms with Crippen LogP contribution in [0.5, 0.6) is 0 Å². The number of thiophene rings is 1. The number of nitrogens with one attached hydrogen (secondary N) is 1. The summed E-state index contributed by atoms with van der Waals surface area (Å²) >= 11 is 1.43. The molecule has 2 aliphatic carbocycles. The SMILES string of the molecule is N#Cc1c(Nc2nc(C3CC3)cc(C(F)(F)F)n2)sc2c1CCCC2. The minimum atomic E-state index is -4.52. The van der Waals surface area contributed by atoms with Crippen molar-refractivity contribution in [3.63, 3.8) is 0 Å². The number of hydrogen-bond donors (Lipinski definition) is 1. The van der Waals surface area contributed by atoms with Gasteiger partial charge < -0.3 is 5.32 Å². The van der Waals surface area contributed by atoms with Gasteiger partial charge in [0.15, 0.2) is 0 Å². The van der Waals surface area contributed by atoms with E-state index in [0.29, 0.717) is 16.3 Å². The summed E-state index contributed by atoms with van der Waals surface area (Å²) in [4.78, 5) is 9.04. The summed E-state index contributed by atoms with van der Waals surface area (Å²) in [5, 5.41) is 12.9. The first-order valence-electron chi connectivity index (χ1n) is 8.23. The lowest BCUT2D eigenvalue weighted by Gasteiger charge is -2.11. The minimum absolute atomic E-state index is 0.0770. The van der Waals surface area contributed by atoms with Crippen LogP contribution in [0.25, 0.3) is 0 Å². The molecule has 0 aromatic carbocycles. The number of fused-ring (bicyclic) bond motifs is 1. The number of nitriles is 1. The van der Waals surface area contributed by atoms with E-state index < -0.39 is 11.9 Å². The molecule has 8 heteroatoms. The van der Waals surface area contributed by atoms with Crippen LogP contribution in [0.15, 0.2) is 6.07 Å². The van der Waals surface area contributed by atoms with Gasteiger partial charge in [0.1, 0.15) is 16.8 Å². The lowest BCUT2D eigenvalue weighted by molar-refractivity contribution is -0.141. The second-order valence-corrected chi connectivity index (χ2v) is 7.53. The van der Waals surface area contributed by atoms with Crippen LogP contribution in [-0.2, 0) is 19.0 Å². The summed E-state index contributed by atoms with van der Waals surface area (Å²) in [7, 11) is 0. The lowest BCUT2D eigenvalue weighted by Crippen LogP contribution is -2.12. The molecule has 2 heterocycles. The average molecular weight is 364 g/mol. The van der Waals surface area contributed by atoms with E-state index in [1.807, 2.05) is 0 Å². The van der Waals surface area contributed by atoms with E-state index in [-0.39, 0.29) is 11.9 Å². The maximum absolute atomic E-state index is 13.1. The molecule has 130 valence electrons. The predicted octanol–water partition coefficient (Wildman–Crippen LogP) is 4.93. The highest BCUT2D eigenvalue weighted by Crippen LogP contribution is 2.42.